The maximum absolute atomic E-state index is 13.9. The summed E-state index contributed by atoms with van der Waals surface area (Å²) >= 11 is 0. The predicted molar refractivity (Wildman–Crippen MR) is 118 cm³/mol. The number of nitrogens with two attached hydrogens (primary N) is 1. The number of benzene rings is 2. The first-order valence-electron chi connectivity index (χ1n) is 10.6. The van der Waals surface area contributed by atoms with Gasteiger partial charge < -0.3 is 15.2 Å². The summed E-state index contributed by atoms with van der Waals surface area (Å²) in [6.45, 7) is 1.82. The van der Waals surface area contributed by atoms with Crippen molar-refractivity contribution in [1.29, 1.82) is 0 Å². The molecule has 0 fully saturated rings. The molecule has 12 heteroatoms. The number of carbonyl (C=O) groups is 1. The lowest BCUT2D eigenvalue weighted by molar-refractivity contribution is -0.137. The highest BCUT2D eigenvalue weighted by molar-refractivity contribution is 5.94. The van der Waals surface area contributed by atoms with Crippen LogP contribution in [0, 0.1) is 12.7 Å². The molecule has 3 N–H and O–H groups in total. The number of nitrogens with zero attached hydrogens (tertiary/aromatic N) is 3. The SMILES string of the molecule is Cc1ccc(C(=O)N2CCc3nc(NCc4ccc(C(F)(F)F)cc4)n(ON)c(=O)c3C2)cc1F. The van der Waals surface area contributed by atoms with Gasteiger partial charge in [-0.3, -0.25) is 9.59 Å². The second-order valence-electron chi connectivity index (χ2n) is 8.05. The highest BCUT2D eigenvalue weighted by Gasteiger charge is 2.30. The van der Waals surface area contributed by atoms with Crippen LogP contribution in [0.4, 0.5) is 23.5 Å². The van der Waals surface area contributed by atoms with Crippen molar-refractivity contribution in [3.63, 3.8) is 0 Å². The molecule has 0 aliphatic carbocycles. The van der Waals surface area contributed by atoms with Gasteiger partial charge >= 0.3 is 6.18 Å². The average Bonchev–Trinajstić information content (AvgIpc) is 2.83. The lowest BCUT2D eigenvalue weighted by Gasteiger charge is -2.28. The van der Waals surface area contributed by atoms with E-state index in [2.05, 4.69) is 15.2 Å². The fraction of sp³-hybridized carbons (Fsp3) is 0.261. The molecular weight excluding hydrogens is 470 g/mol. The first kappa shape index (κ1) is 24.2. The largest absolute Gasteiger partial charge is 0.416 e. The van der Waals surface area contributed by atoms with Crippen LogP contribution in [-0.2, 0) is 25.7 Å². The number of carbonyl (C=O) groups excluding carboxylic acids is 1. The van der Waals surface area contributed by atoms with Crippen molar-refractivity contribution in [2.45, 2.75) is 32.6 Å². The molecule has 0 radical (unpaired) electrons. The number of anilines is 1. The molecule has 0 bridgehead atoms. The van der Waals surface area contributed by atoms with Crippen molar-refractivity contribution in [3.8, 4) is 0 Å². The van der Waals surface area contributed by atoms with Gasteiger partial charge in [0.05, 0.1) is 23.4 Å². The lowest BCUT2D eigenvalue weighted by atomic mass is 10.0. The quantitative estimate of drug-likeness (QED) is 0.421. The minimum atomic E-state index is -4.44. The summed E-state index contributed by atoms with van der Waals surface area (Å²) in [6, 6.07) is 8.69. The summed E-state index contributed by atoms with van der Waals surface area (Å²) in [5.74, 6) is 4.31. The van der Waals surface area contributed by atoms with E-state index in [0.717, 1.165) is 18.2 Å². The van der Waals surface area contributed by atoms with E-state index < -0.39 is 29.0 Å². The second-order valence-corrected chi connectivity index (χ2v) is 8.05. The maximum atomic E-state index is 13.9. The van der Waals surface area contributed by atoms with E-state index in [1.54, 1.807) is 6.92 Å². The Hall–Kier alpha value is -3.93. The van der Waals surface area contributed by atoms with Gasteiger partial charge in [-0.15, -0.1) is 5.90 Å². The number of hydrogen-bond donors (Lipinski definition) is 2. The third-order valence-electron chi connectivity index (χ3n) is 5.73. The number of aryl methyl sites for hydroxylation is 1. The molecule has 184 valence electrons. The predicted octanol–water partition coefficient (Wildman–Crippen LogP) is 2.82. The molecule has 0 saturated carbocycles. The summed E-state index contributed by atoms with van der Waals surface area (Å²) in [6.07, 6.45) is -4.19. The van der Waals surface area contributed by atoms with Crippen LogP contribution in [0.15, 0.2) is 47.3 Å². The van der Waals surface area contributed by atoms with Crippen molar-refractivity contribution in [3.05, 3.63) is 92.1 Å². The van der Waals surface area contributed by atoms with Crippen LogP contribution in [0.25, 0.3) is 0 Å². The van der Waals surface area contributed by atoms with Crippen molar-refractivity contribution in [2.75, 3.05) is 11.9 Å². The molecule has 0 unspecified atom stereocenters. The van der Waals surface area contributed by atoms with Gasteiger partial charge in [0.25, 0.3) is 11.5 Å². The monoisotopic (exact) mass is 491 g/mol. The first-order chi connectivity index (χ1) is 16.6. The number of nitrogens with one attached hydrogen (secondary N) is 1. The number of aromatic nitrogens is 2. The van der Waals surface area contributed by atoms with E-state index in [1.165, 1.54) is 29.2 Å². The van der Waals surface area contributed by atoms with Gasteiger partial charge in [-0.2, -0.15) is 13.2 Å². The van der Waals surface area contributed by atoms with E-state index in [-0.39, 0.29) is 43.1 Å². The van der Waals surface area contributed by atoms with E-state index in [1.807, 2.05) is 0 Å². The van der Waals surface area contributed by atoms with Crippen LogP contribution in [0.3, 0.4) is 0 Å². The van der Waals surface area contributed by atoms with Crippen LogP contribution in [-0.4, -0.2) is 27.1 Å². The molecule has 1 aromatic heterocycles. The van der Waals surface area contributed by atoms with Crippen LogP contribution >= 0.6 is 0 Å². The summed E-state index contributed by atoms with van der Waals surface area (Å²) in [4.78, 5) is 36.3. The van der Waals surface area contributed by atoms with E-state index in [9.17, 15) is 27.2 Å². The van der Waals surface area contributed by atoms with E-state index in [4.69, 9.17) is 5.90 Å². The lowest BCUT2D eigenvalue weighted by Crippen LogP contribution is -2.43. The fourth-order valence-electron chi connectivity index (χ4n) is 3.74. The van der Waals surface area contributed by atoms with Gasteiger partial charge in [-0.1, -0.05) is 22.9 Å². The Bertz CT molecular complexity index is 1320. The number of amides is 1. The maximum Gasteiger partial charge on any atom is 0.416 e. The Balaban J connectivity index is 1.53. The number of halogens is 4. The zero-order valence-electron chi connectivity index (χ0n) is 18.5. The summed E-state index contributed by atoms with van der Waals surface area (Å²) in [5, 5.41) is 2.84. The van der Waals surface area contributed by atoms with Gasteiger partial charge in [-0.05, 0) is 42.3 Å². The average molecular weight is 491 g/mol. The summed E-state index contributed by atoms with van der Waals surface area (Å²) < 4.78 is 52.8. The normalized spacial score (nSPS) is 13.4. The minimum Gasteiger partial charge on any atom is -0.349 e. The molecule has 8 nitrogen and oxygen atoms in total. The van der Waals surface area contributed by atoms with Gasteiger partial charge in [-0.25, -0.2) is 9.37 Å². The zero-order chi connectivity index (χ0) is 25.3. The standard InChI is InChI=1S/C23H21F4N5O3/c1-13-2-5-15(10-18(13)24)20(33)31-9-8-19-17(12-31)21(34)32(35-28)22(30-19)29-11-14-3-6-16(7-4-14)23(25,26)27/h2-7,10H,8-9,11-12,28H2,1H3,(H,29,30). The van der Waals surface area contributed by atoms with E-state index in [0.29, 0.717) is 21.6 Å². The molecule has 35 heavy (non-hydrogen) atoms. The molecule has 0 spiro atoms. The van der Waals surface area contributed by atoms with Crippen LogP contribution in [0.5, 0.6) is 0 Å². The van der Waals surface area contributed by atoms with Crippen molar-refractivity contribution < 1.29 is 27.3 Å². The molecule has 3 aromatic rings. The van der Waals surface area contributed by atoms with Gasteiger partial charge in [0.15, 0.2) is 0 Å². The van der Waals surface area contributed by atoms with Gasteiger partial charge in [0, 0.05) is 25.1 Å². The topological polar surface area (TPSA) is 102 Å². The molecule has 2 heterocycles. The molecule has 2 aromatic carbocycles. The molecule has 1 amide bonds. The third-order valence-corrected chi connectivity index (χ3v) is 5.73. The molecule has 0 saturated heterocycles. The first-order valence-corrected chi connectivity index (χ1v) is 10.6. The van der Waals surface area contributed by atoms with Gasteiger partial charge in [0.1, 0.15) is 5.82 Å². The molecule has 0 atom stereocenters. The van der Waals surface area contributed by atoms with Crippen molar-refractivity contribution in [2.24, 2.45) is 5.90 Å². The Morgan fingerprint density at radius 2 is 1.91 bits per heavy atom. The highest BCUT2D eigenvalue weighted by Crippen LogP contribution is 2.29. The smallest absolute Gasteiger partial charge is 0.349 e. The van der Waals surface area contributed by atoms with Gasteiger partial charge in [0.2, 0.25) is 5.95 Å². The summed E-state index contributed by atoms with van der Waals surface area (Å²) in [7, 11) is 0. The van der Waals surface area contributed by atoms with Crippen LogP contribution < -0.4 is 21.7 Å². The Kier molecular flexibility index (Phi) is 6.48. The fourth-order valence-corrected chi connectivity index (χ4v) is 3.74. The molecular formula is C23H21F4N5O3. The van der Waals surface area contributed by atoms with Crippen LogP contribution in [0.1, 0.15) is 38.3 Å². The molecule has 1 aliphatic rings. The number of hydrogen-bond acceptors (Lipinski definition) is 6. The van der Waals surface area contributed by atoms with Crippen molar-refractivity contribution >= 4 is 11.9 Å². The van der Waals surface area contributed by atoms with E-state index >= 15 is 0 Å². The number of alkyl halides is 3. The van der Waals surface area contributed by atoms with Crippen molar-refractivity contribution in [1.82, 2.24) is 14.6 Å². The highest BCUT2D eigenvalue weighted by atomic mass is 19.4. The Labute approximate surface area is 196 Å². The second kappa shape index (κ2) is 9.37. The Morgan fingerprint density at radius 3 is 2.54 bits per heavy atom. The Morgan fingerprint density at radius 1 is 1.20 bits per heavy atom. The minimum absolute atomic E-state index is 0.0310. The molecule has 4 rings (SSSR count). The zero-order valence-corrected chi connectivity index (χ0v) is 18.5. The summed E-state index contributed by atoms with van der Waals surface area (Å²) in [5.41, 5.74) is 0.294. The third kappa shape index (κ3) is 4.97. The molecule has 1 aliphatic heterocycles. The number of fused-ring (bicyclic) bond motifs is 1. The number of rotatable bonds is 5. The van der Waals surface area contributed by atoms with Crippen LogP contribution in [0.2, 0.25) is 0 Å².